The van der Waals surface area contributed by atoms with Gasteiger partial charge in [0.25, 0.3) is 0 Å². The Kier molecular flexibility index (Phi) is 6.69. The third-order valence-corrected chi connectivity index (χ3v) is 4.31. The summed E-state index contributed by atoms with van der Waals surface area (Å²) in [7, 11) is 2.25. The summed E-state index contributed by atoms with van der Waals surface area (Å²) >= 11 is 2.09. The van der Waals surface area contributed by atoms with Gasteiger partial charge in [0.05, 0.1) is 0 Å². The van der Waals surface area contributed by atoms with Gasteiger partial charge in [0.2, 0.25) is 0 Å². The van der Waals surface area contributed by atoms with Crippen LogP contribution in [0.15, 0.2) is 0 Å². The number of nitrogens with one attached hydrogen (secondary N) is 1. The highest BCUT2D eigenvalue weighted by Gasteiger charge is 2.13. The number of rotatable bonds is 6. The smallest absolute Gasteiger partial charge is 0.0170 e. The predicted molar refractivity (Wildman–Crippen MR) is 70.7 cm³/mol. The molecule has 0 aliphatic carbocycles. The highest BCUT2D eigenvalue weighted by Crippen LogP contribution is 2.11. The van der Waals surface area contributed by atoms with E-state index in [-0.39, 0.29) is 0 Å². The first-order valence-electron chi connectivity index (χ1n) is 6.22. The molecule has 90 valence electrons. The molecule has 0 amide bonds. The molecule has 1 fully saturated rings. The molecular weight excluding hydrogens is 204 g/mol. The van der Waals surface area contributed by atoms with Crippen molar-refractivity contribution in [1.29, 1.82) is 0 Å². The molecule has 0 spiro atoms. The fourth-order valence-corrected chi connectivity index (χ4v) is 2.93. The second kappa shape index (κ2) is 7.53. The quantitative estimate of drug-likeness (QED) is 0.752. The zero-order chi connectivity index (χ0) is 11.1. The van der Waals surface area contributed by atoms with E-state index in [2.05, 4.69) is 42.9 Å². The van der Waals surface area contributed by atoms with Crippen molar-refractivity contribution in [2.75, 3.05) is 38.2 Å². The van der Waals surface area contributed by atoms with Gasteiger partial charge < -0.3 is 10.2 Å². The number of thioether (sulfide) groups is 1. The standard InChI is InChI=1S/C12H26N2S/c1-4-11(2)9-14(3)7-5-12-10-15-8-6-13-12/h11-13H,4-10H2,1-3H3. The SMILES string of the molecule is CCC(C)CN(C)CCC1CSCCN1. The summed E-state index contributed by atoms with van der Waals surface area (Å²) in [5, 5.41) is 3.59. The van der Waals surface area contributed by atoms with Gasteiger partial charge in [-0.25, -0.2) is 0 Å². The second-order valence-electron chi connectivity index (χ2n) is 4.79. The van der Waals surface area contributed by atoms with E-state index >= 15 is 0 Å². The van der Waals surface area contributed by atoms with E-state index in [0.717, 1.165) is 12.0 Å². The van der Waals surface area contributed by atoms with Crippen molar-refractivity contribution < 1.29 is 0 Å². The molecule has 0 aromatic rings. The summed E-state index contributed by atoms with van der Waals surface area (Å²) < 4.78 is 0. The summed E-state index contributed by atoms with van der Waals surface area (Å²) in [6.07, 6.45) is 2.60. The van der Waals surface area contributed by atoms with Gasteiger partial charge in [0.15, 0.2) is 0 Å². The Bertz CT molecular complexity index is 158. The van der Waals surface area contributed by atoms with Crippen molar-refractivity contribution in [3.8, 4) is 0 Å². The van der Waals surface area contributed by atoms with Crippen LogP contribution in [0.5, 0.6) is 0 Å². The molecule has 1 saturated heterocycles. The molecule has 0 aromatic heterocycles. The Morgan fingerprint density at radius 1 is 1.53 bits per heavy atom. The Morgan fingerprint density at radius 2 is 2.33 bits per heavy atom. The highest BCUT2D eigenvalue weighted by atomic mass is 32.2. The average molecular weight is 230 g/mol. The van der Waals surface area contributed by atoms with Crippen LogP contribution in [-0.4, -0.2) is 49.1 Å². The molecule has 0 bridgehead atoms. The fourth-order valence-electron chi connectivity index (χ4n) is 1.93. The van der Waals surface area contributed by atoms with Crippen molar-refractivity contribution in [3.63, 3.8) is 0 Å². The molecule has 1 N–H and O–H groups in total. The van der Waals surface area contributed by atoms with Gasteiger partial charge >= 0.3 is 0 Å². The Morgan fingerprint density at radius 3 is 2.93 bits per heavy atom. The molecule has 1 aliphatic heterocycles. The van der Waals surface area contributed by atoms with Crippen LogP contribution in [0.3, 0.4) is 0 Å². The Hall–Kier alpha value is 0.270. The van der Waals surface area contributed by atoms with Crippen molar-refractivity contribution in [2.45, 2.75) is 32.7 Å². The summed E-state index contributed by atoms with van der Waals surface area (Å²) in [5.74, 6) is 3.43. The number of hydrogen-bond donors (Lipinski definition) is 1. The van der Waals surface area contributed by atoms with Crippen molar-refractivity contribution in [1.82, 2.24) is 10.2 Å². The Balaban J connectivity index is 2.07. The van der Waals surface area contributed by atoms with Gasteiger partial charge in [-0.1, -0.05) is 20.3 Å². The topological polar surface area (TPSA) is 15.3 Å². The maximum absolute atomic E-state index is 3.59. The highest BCUT2D eigenvalue weighted by molar-refractivity contribution is 7.99. The Labute approximate surface area is 99.2 Å². The first-order chi connectivity index (χ1) is 7.22. The van der Waals surface area contributed by atoms with Crippen molar-refractivity contribution >= 4 is 11.8 Å². The number of hydrogen-bond acceptors (Lipinski definition) is 3. The lowest BCUT2D eigenvalue weighted by molar-refractivity contribution is 0.268. The average Bonchev–Trinajstić information content (AvgIpc) is 2.27. The monoisotopic (exact) mass is 230 g/mol. The van der Waals surface area contributed by atoms with Gasteiger partial charge in [-0.2, -0.15) is 11.8 Å². The van der Waals surface area contributed by atoms with E-state index in [1.807, 2.05) is 0 Å². The van der Waals surface area contributed by atoms with Crippen LogP contribution in [0, 0.1) is 5.92 Å². The summed E-state index contributed by atoms with van der Waals surface area (Å²) in [5.41, 5.74) is 0. The summed E-state index contributed by atoms with van der Waals surface area (Å²) in [6.45, 7) is 8.30. The molecule has 0 radical (unpaired) electrons. The van der Waals surface area contributed by atoms with Gasteiger partial charge in [-0.3, -0.25) is 0 Å². The molecule has 1 aliphatic rings. The molecule has 0 saturated carbocycles. The van der Waals surface area contributed by atoms with Crippen molar-refractivity contribution in [2.24, 2.45) is 5.92 Å². The lowest BCUT2D eigenvalue weighted by Gasteiger charge is -2.26. The van der Waals surface area contributed by atoms with Gasteiger partial charge in [-0.05, 0) is 25.9 Å². The van der Waals surface area contributed by atoms with E-state index in [1.165, 1.54) is 44.0 Å². The first-order valence-corrected chi connectivity index (χ1v) is 7.37. The zero-order valence-electron chi connectivity index (χ0n) is 10.5. The van der Waals surface area contributed by atoms with Crippen LogP contribution in [0.2, 0.25) is 0 Å². The fraction of sp³-hybridized carbons (Fsp3) is 1.00. The number of nitrogens with zero attached hydrogens (tertiary/aromatic N) is 1. The predicted octanol–water partition coefficient (Wildman–Crippen LogP) is 2.06. The minimum atomic E-state index is 0.753. The van der Waals surface area contributed by atoms with Crippen LogP contribution in [0.1, 0.15) is 26.7 Å². The van der Waals surface area contributed by atoms with Crippen molar-refractivity contribution in [3.05, 3.63) is 0 Å². The van der Waals surface area contributed by atoms with E-state index in [9.17, 15) is 0 Å². The molecule has 15 heavy (non-hydrogen) atoms. The molecule has 1 rings (SSSR count). The van der Waals surface area contributed by atoms with Crippen LogP contribution >= 0.6 is 11.8 Å². The van der Waals surface area contributed by atoms with Crippen LogP contribution < -0.4 is 5.32 Å². The zero-order valence-corrected chi connectivity index (χ0v) is 11.3. The third kappa shape index (κ3) is 5.79. The molecule has 2 atom stereocenters. The lowest BCUT2D eigenvalue weighted by atomic mass is 10.1. The third-order valence-electron chi connectivity index (χ3n) is 3.18. The molecule has 2 unspecified atom stereocenters. The molecule has 2 nitrogen and oxygen atoms in total. The largest absolute Gasteiger partial charge is 0.312 e. The normalized spacial score (nSPS) is 24.4. The second-order valence-corrected chi connectivity index (χ2v) is 5.94. The van der Waals surface area contributed by atoms with Gasteiger partial charge in [0.1, 0.15) is 0 Å². The lowest BCUT2D eigenvalue weighted by Crippen LogP contribution is -2.40. The van der Waals surface area contributed by atoms with Gasteiger partial charge in [0, 0.05) is 30.6 Å². The van der Waals surface area contributed by atoms with Crippen LogP contribution in [0.4, 0.5) is 0 Å². The van der Waals surface area contributed by atoms with Gasteiger partial charge in [-0.15, -0.1) is 0 Å². The van der Waals surface area contributed by atoms with E-state index in [1.54, 1.807) is 0 Å². The van der Waals surface area contributed by atoms with Crippen LogP contribution in [-0.2, 0) is 0 Å². The van der Waals surface area contributed by atoms with E-state index < -0.39 is 0 Å². The minimum Gasteiger partial charge on any atom is -0.312 e. The minimum absolute atomic E-state index is 0.753. The first kappa shape index (κ1) is 13.3. The molecule has 3 heteroatoms. The maximum atomic E-state index is 3.59. The molecule has 0 aromatic carbocycles. The maximum Gasteiger partial charge on any atom is 0.0170 e. The summed E-state index contributed by atoms with van der Waals surface area (Å²) in [4.78, 5) is 2.48. The molecular formula is C12H26N2S. The van der Waals surface area contributed by atoms with E-state index in [0.29, 0.717) is 0 Å². The van der Waals surface area contributed by atoms with E-state index in [4.69, 9.17) is 0 Å². The molecule has 1 heterocycles. The van der Waals surface area contributed by atoms with Crippen LogP contribution in [0.25, 0.3) is 0 Å². The summed E-state index contributed by atoms with van der Waals surface area (Å²) in [6, 6.07) is 0.753.